The van der Waals surface area contributed by atoms with Gasteiger partial charge in [0, 0.05) is 13.2 Å². The largest absolute Gasteiger partial charge is 0.460 e. The number of hydrogen-bond acceptors (Lipinski definition) is 5. The van der Waals surface area contributed by atoms with Gasteiger partial charge in [-0.3, -0.25) is 0 Å². The molecular weight excluding hydrogens is 274 g/mol. The van der Waals surface area contributed by atoms with Crippen molar-refractivity contribution in [2.75, 3.05) is 19.8 Å². The Kier molecular flexibility index (Phi) is 4.23. The number of nitriles is 1. The molecule has 0 aromatic carbocycles. The molecule has 0 saturated carbocycles. The van der Waals surface area contributed by atoms with Gasteiger partial charge in [-0.05, 0) is 25.0 Å². The molecule has 0 radical (unpaired) electrons. The summed E-state index contributed by atoms with van der Waals surface area (Å²) >= 11 is 6.92. The molecule has 96 valence electrons. The highest BCUT2D eigenvalue weighted by molar-refractivity contribution is 7.17. The second-order valence-electron chi connectivity index (χ2n) is 4.18. The standard InChI is InChI=1S/C12H12ClNO3S/c13-10-2-1-9(18-10)11(15)17-8-12(7-14)3-5-16-6-4-12/h1-2H,3-6,8H2. The van der Waals surface area contributed by atoms with Crippen LogP contribution in [-0.4, -0.2) is 25.8 Å². The molecule has 0 amide bonds. The normalized spacial score (nSPS) is 18.0. The first kappa shape index (κ1) is 13.3. The molecular formula is C12H12ClNO3S. The van der Waals surface area contributed by atoms with E-state index in [1.807, 2.05) is 0 Å². The van der Waals surface area contributed by atoms with Gasteiger partial charge >= 0.3 is 5.97 Å². The molecule has 1 aliphatic rings. The third-order valence-corrected chi connectivity index (χ3v) is 4.15. The maximum Gasteiger partial charge on any atom is 0.348 e. The van der Waals surface area contributed by atoms with E-state index in [0.717, 1.165) is 0 Å². The fourth-order valence-electron chi connectivity index (χ4n) is 1.75. The van der Waals surface area contributed by atoms with Crippen molar-refractivity contribution < 1.29 is 14.3 Å². The van der Waals surface area contributed by atoms with Gasteiger partial charge < -0.3 is 9.47 Å². The van der Waals surface area contributed by atoms with Crippen LogP contribution in [0.15, 0.2) is 12.1 Å². The Hall–Kier alpha value is -1.09. The number of ether oxygens (including phenoxy) is 2. The smallest absolute Gasteiger partial charge is 0.348 e. The topological polar surface area (TPSA) is 59.3 Å². The number of halogens is 1. The highest BCUT2D eigenvalue weighted by Crippen LogP contribution is 2.30. The van der Waals surface area contributed by atoms with E-state index in [1.165, 1.54) is 11.3 Å². The number of esters is 1. The SMILES string of the molecule is N#CC1(COC(=O)c2ccc(Cl)s2)CCOCC1. The first-order chi connectivity index (χ1) is 8.65. The molecule has 6 heteroatoms. The fourth-order valence-corrected chi connectivity index (χ4v) is 2.69. The van der Waals surface area contributed by atoms with Crippen LogP contribution in [0.2, 0.25) is 4.34 Å². The first-order valence-electron chi connectivity index (χ1n) is 5.57. The van der Waals surface area contributed by atoms with Crippen molar-refractivity contribution in [1.29, 1.82) is 5.26 Å². The molecule has 1 aromatic rings. The second kappa shape index (κ2) is 5.70. The van der Waals surface area contributed by atoms with Gasteiger partial charge in [0.2, 0.25) is 0 Å². The lowest BCUT2D eigenvalue weighted by Gasteiger charge is -2.29. The van der Waals surface area contributed by atoms with Crippen molar-refractivity contribution in [3.8, 4) is 6.07 Å². The molecule has 0 spiro atoms. The number of nitrogens with zero attached hydrogens (tertiary/aromatic N) is 1. The maximum absolute atomic E-state index is 11.7. The number of hydrogen-bond donors (Lipinski definition) is 0. The Morgan fingerprint density at radius 3 is 2.83 bits per heavy atom. The Morgan fingerprint density at radius 1 is 1.56 bits per heavy atom. The molecule has 1 fully saturated rings. The van der Waals surface area contributed by atoms with Gasteiger partial charge in [0.1, 0.15) is 11.5 Å². The number of carbonyl (C=O) groups is 1. The summed E-state index contributed by atoms with van der Waals surface area (Å²) in [6.07, 6.45) is 1.20. The summed E-state index contributed by atoms with van der Waals surface area (Å²) < 4.78 is 11.0. The minimum Gasteiger partial charge on any atom is -0.460 e. The van der Waals surface area contributed by atoms with Gasteiger partial charge in [-0.1, -0.05) is 11.6 Å². The Labute approximate surface area is 114 Å². The highest BCUT2D eigenvalue weighted by Gasteiger charge is 2.34. The molecule has 2 heterocycles. The number of thiophene rings is 1. The van der Waals surface area contributed by atoms with E-state index in [9.17, 15) is 10.1 Å². The second-order valence-corrected chi connectivity index (χ2v) is 5.90. The van der Waals surface area contributed by atoms with Crippen LogP contribution >= 0.6 is 22.9 Å². The highest BCUT2D eigenvalue weighted by atomic mass is 35.5. The van der Waals surface area contributed by atoms with Crippen LogP contribution in [-0.2, 0) is 9.47 Å². The molecule has 1 aromatic heterocycles. The monoisotopic (exact) mass is 285 g/mol. The van der Waals surface area contributed by atoms with Crippen molar-refractivity contribution in [2.45, 2.75) is 12.8 Å². The Bertz CT molecular complexity index is 474. The summed E-state index contributed by atoms with van der Waals surface area (Å²) in [4.78, 5) is 12.2. The molecule has 0 aliphatic carbocycles. The predicted octanol–water partition coefficient (Wildman–Crippen LogP) is 2.88. The maximum atomic E-state index is 11.7. The Morgan fingerprint density at radius 2 is 2.28 bits per heavy atom. The molecule has 1 aliphatic heterocycles. The van der Waals surface area contributed by atoms with E-state index in [1.54, 1.807) is 12.1 Å². The minimum atomic E-state index is -0.602. The zero-order valence-electron chi connectivity index (χ0n) is 9.65. The van der Waals surface area contributed by atoms with Crippen LogP contribution in [0.25, 0.3) is 0 Å². The number of rotatable bonds is 3. The van der Waals surface area contributed by atoms with Gasteiger partial charge in [0.15, 0.2) is 0 Å². The molecule has 4 nitrogen and oxygen atoms in total. The molecule has 18 heavy (non-hydrogen) atoms. The first-order valence-corrected chi connectivity index (χ1v) is 6.76. The van der Waals surface area contributed by atoms with E-state index >= 15 is 0 Å². The van der Waals surface area contributed by atoms with Crippen LogP contribution in [0.3, 0.4) is 0 Å². The van der Waals surface area contributed by atoms with Crippen LogP contribution < -0.4 is 0 Å². The molecule has 0 unspecified atom stereocenters. The molecule has 0 N–H and O–H groups in total. The van der Waals surface area contributed by atoms with Crippen LogP contribution in [0, 0.1) is 16.7 Å². The summed E-state index contributed by atoms with van der Waals surface area (Å²) in [5.41, 5.74) is -0.602. The lowest BCUT2D eigenvalue weighted by atomic mass is 9.83. The molecule has 2 rings (SSSR count). The van der Waals surface area contributed by atoms with Crippen LogP contribution in [0.1, 0.15) is 22.5 Å². The summed E-state index contributed by atoms with van der Waals surface area (Å²) in [5.74, 6) is -0.423. The lowest BCUT2D eigenvalue weighted by molar-refractivity contribution is -0.00441. The average Bonchev–Trinajstić information content (AvgIpc) is 2.84. The third-order valence-electron chi connectivity index (χ3n) is 2.94. The quantitative estimate of drug-likeness (QED) is 0.801. The van der Waals surface area contributed by atoms with Crippen molar-refractivity contribution >= 4 is 28.9 Å². The average molecular weight is 286 g/mol. The summed E-state index contributed by atoms with van der Waals surface area (Å²) in [6.45, 7) is 1.19. The lowest BCUT2D eigenvalue weighted by Crippen LogP contribution is -2.33. The van der Waals surface area contributed by atoms with Gasteiger partial charge in [-0.25, -0.2) is 4.79 Å². The summed E-state index contributed by atoms with van der Waals surface area (Å²) in [7, 11) is 0. The molecule has 0 atom stereocenters. The predicted molar refractivity (Wildman–Crippen MR) is 67.7 cm³/mol. The minimum absolute atomic E-state index is 0.112. The Balaban J connectivity index is 1.94. The fraction of sp³-hybridized carbons (Fsp3) is 0.500. The van der Waals surface area contributed by atoms with Crippen LogP contribution in [0.5, 0.6) is 0 Å². The van der Waals surface area contributed by atoms with E-state index in [0.29, 0.717) is 35.3 Å². The van der Waals surface area contributed by atoms with E-state index < -0.39 is 11.4 Å². The van der Waals surface area contributed by atoms with Crippen LogP contribution in [0.4, 0.5) is 0 Å². The van der Waals surface area contributed by atoms with Gasteiger partial charge in [0.25, 0.3) is 0 Å². The van der Waals surface area contributed by atoms with Crippen molar-refractivity contribution in [1.82, 2.24) is 0 Å². The zero-order valence-corrected chi connectivity index (χ0v) is 11.2. The van der Waals surface area contributed by atoms with E-state index in [4.69, 9.17) is 21.1 Å². The van der Waals surface area contributed by atoms with E-state index in [2.05, 4.69) is 6.07 Å². The molecule has 0 bridgehead atoms. The number of carbonyl (C=O) groups excluding carboxylic acids is 1. The van der Waals surface area contributed by atoms with Crippen molar-refractivity contribution in [2.24, 2.45) is 5.41 Å². The van der Waals surface area contributed by atoms with Gasteiger partial charge in [-0.2, -0.15) is 5.26 Å². The van der Waals surface area contributed by atoms with E-state index in [-0.39, 0.29) is 6.61 Å². The van der Waals surface area contributed by atoms with Gasteiger partial charge in [0.05, 0.1) is 15.8 Å². The third kappa shape index (κ3) is 3.02. The van der Waals surface area contributed by atoms with Gasteiger partial charge in [-0.15, -0.1) is 11.3 Å². The summed E-state index contributed by atoms with van der Waals surface area (Å²) in [6, 6.07) is 5.52. The zero-order chi connectivity index (χ0) is 13.0. The summed E-state index contributed by atoms with van der Waals surface area (Å²) in [5, 5.41) is 9.21. The molecule has 1 saturated heterocycles. The van der Waals surface area contributed by atoms with Crippen molar-refractivity contribution in [3.05, 3.63) is 21.3 Å². The van der Waals surface area contributed by atoms with Crippen molar-refractivity contribution in [3.63, 3.8) is 0 Å².